The van der Waals surface area contributed by atoms with Gasteiger partial charge in [0.05, 0.1) is 30.1 Å². The summed E-state index contributed by atoms with van der Waals surface area (Å²) in [5.41, 5.74) is 3.58. The van der Waals surface area contributed by atoms with Crippen LogP contribution in [0.3, 0.4) is 0 Å². The number of morpholine rings is 1. The Balaban J connectivity index is 1.42. The van der Waals surface area contributed by atoms with Crippen LogP contribution in [-0.4, -0.2) is 51.3 Å². The molecule has 3 aromatic heterocycles. The number of halogens is 1. The summed E-state index contributed by atoms with van der Waals surface area (Å²) in [6, 6.07) is 12.4. The highest BCUT2D eigenvalue weighted by atomic mass is 32.1. The first-order valence-electron chi connectivity index (χ1n) is 10.9. The average molecular weight is 474 g/mol. The lowest BCUT2D eigenvalue weighted by molar-refractivity contribution is 0.122. The molecule has 0 bridgehead atoms. The second-order valence-corrected chi connectivity index (χ2v) is 8.96. The Labute approximate surface area is 198 Å². The first-order valence-corrected chi connectivity index (χ1v) is 11.8. The summed E-state index contributed by atoms with van der Waals surface area (Å²) in [6.45, 7) is 3.02. The number of aliphatic hydroxyl groups is 1. The van der Waals surface area contributed by atoms with Crippen LogP contribution in [0.4, 0.5) is 10.1 Å². The molecule has 170 valence electrons. The Hall–Kier alpha value is -3.53. The van der Waals surface area contributed by atoms with Crippen LogP contribution in [0.15, 0.2) is 60.5 Å². The van der Waals surface area contributed by atoms with Gasteiger partial charge in [-0.15, -0.1) is 11.3 Å². The molecule has 0 saturated carbocycles. The van der Waals surface area contributed by atoms with Crippen molar-refractivity contribution >= 4 is 38.1 Å². The van der Waals surface area contributed by atoms with Gasteiger partial charge in [0.1, 0.15) is 29.4 Å². The van der Waals surface area contributed by atoms with E-state index in [1.54, 1.807) is 12.1 Å². The van der Waals surface area contributed by atoms with E-state index in [9.17, 15) is 5.11 Å². The van der Waals surface area contributed by atoms with Crippen LogP contribution in [0.25, 0.3) is 32.4 Å². The second-order valence-electron chi connectivity index (χ2n) is 8.06. The fraction of sp³-hybridized carbons (Fsp3) is 0.200. The summed E-state index contributed by atoms with van der Waals surface area (Å²) in [5, 5.41) is 14.5. The molecular weight excluding hydrogens is 453 g/mol. The molecule has 0 amide bonds. The summed E-state index contributed by atoms with van der Waals surface area (Å²) in [6.07, 6.45) is 1.86. The minimum atomic E-state index is -1.03. The van der Waals surface area contributed by atoms with Gasteiger partial charge >= 0.3 is 0 Å². The van der Waals surface area contributed by atoms with Gasteiger partial charge in [-0.3, -0.25) is 0 Å². The Bertz CT molecular complexity index is 1500. The van der Waals surface area contributed by atoms with Gasteiger partial charge in [0.2, 0.25) is 0 Å². The highest BCUT2D eigenvalue weighted by molar-refractivity contribution is 7.16. The van der Waals surface area contributed by atoms with Crippen molar-refractivity contribution in [1.29, 1.82) is 0 Å². The smallest absolute Gasteiger partial charge is 0.132 e. The van der Waals surface area contributed by atoms with Crippen LogP contribution >= 0.6 is 11.3 Å². The molecule has 5 aromatic rings. The highest BCUT2D eigenvalue weighted by Gasteiger charge is 2.20. The van der Waals surface area contributed by atoms with Crippen LogP contribution in [0.5, 0.6) is 0 Å². The van der Waals surface area contributed by atoms with Crippen molar-refractivity contribution < 1.29 is 14.2 Å². The van der Waals surface area contributed by atoms with Crippen molar-refractivity contribution in [3.05, 3.63) is 77.6 Å². The lowest BCUT2D eigenvalue weighted by Crippen LogP contribution is -2.36. The summed E-state index contributed by atoms with van der Waals surface area (Å²) in [5.74, 6) is -0.420. The molecule has 4 heterocycles. The van der Waals surface area contributed by atoms with Gasteiger partial charge in [-0.05, 0) is 47.3 Å². The van der Waals surface area contributed by atoms with Gasteiger partial charge in [0, 0.05) is 35.1 Å². The van der Waals surface area contributed by atoms with Crippen molar-refractivity contribution in [2.45, 2.75) is 6.10 Å². The minimum Gasteiger partial charge on any atom is -0.382 e. The maximum Gasteiger partial charge on any atom is 0.132 e. The fourth-order valence-electron chi connectivity index (χ4n) is 4.36. The second kappa shape index (κ2) is 8.68. The van der Waals surface area contributed by atoms with Crippen LogP contribution in [0.1, 0.15) is 17.4 Å². The Morgan fingerprint density at radius 3 is 2.68 bits per heavy atom. The number of thiophene rings is 1. The molecule has 7 nitrogen and oxygen atoms in total. The van der Waals surface area contributed by atoms with E-state index in [4.69, 9.17) is 4.74 Å². The van der Waals surface area contributed by atoms with E-state index in [2.05, 4.69) is 24.8 Å². The third-order valence-electron chi connectivity index (χ3n) is 6.11. The molecule has 1 fully saturated rings. The number of rotatable bonds is 4. The molecule has 1 aliphatic heterocycles. The van der Waals surface area contributed by atoms with E-state index >= 15 is 4.39 Å². The van der Waals surface area contributed by atoms with Crippen molar-refractivity contribution in [3.8, 4) is 11.3 Å². The third-order valence-corrected chi connectivity index (χ3v) is 6.93. The zero-order chi connectivity index (χ0) is 23.1. The van der Waals surface area contributed by atoms with Gasteiger partial charge in [-0.2, -0.15) is 0 Å². The topological polar surface area (TPSA) is 84.3 Å². The van der Waals surface area contributed by atoms with Gasteiger partial charge in [0.25, 0.3) is 0 Å². The maximum atomic E-state index is 15.0. The maximum absolute atomic E-state index is 15.0. The fourth-order valence-corrected chi connectivity index (χ4v) is 5.10. The standard InChI is InChI=1S/C25H20FN5O2S/c26-20-4-1-15(24(32)23-18-5-10-34-25(18)30-14-29-23)11-19(20)22-17-3-2-16(12-21(17)27-13-28-22)31-6-8-33-9-7-31/h1-5,10-14,24,32H,6-9H2. The zero-order valence-corrected chi connectivity index (χ0v) is 18.9. The quantitative estimate of drug-likeness (QED) is 0.415. The summed E-state index contributed by atoms with van der Waals surface area (Å²) in [4.78, 5) is 20.4. The number of aromatic nitrogens is 4. The first kappa shape index (κ1) is 21.0. The van der Waals surface area contributed by atoms with Gasteiger partial charge in [-0.1, -0.05) is 6.07 Å². The molecule has 1 saturated heterocycles. The number of anilines is 1. The van der Waals surface area contributed by atoms with Crippen LogP contribution in [0.2, 0.25) is 0 Å². The first-order chi connectivity index (χ1) is 16.7. The van der Waals surface area contributed by atoms with E-state index in [0.717, 1.165) is 39.9 Å². The molecular formula is C25H20FN5O2S. The SMILES string of the molecule is OC(c1ccc(F)c(-c2ncnc3cc(N4CCOCC4)ccc23)c1)c1ncnc2sccc12. The molecule has 0 spiro atoms. The number of fused-ring (bicyclic) bond motifs is 2. The van der Waals surface area contributed by atoms with Gasteiger partial charge < -0.3 is 14.7 Å². The highest BCUT2D eigenvalue weighted by Crippen LogP contribution is 2.34. The molecule has 0 aliphatic carbocycles. The van der Waals surface area contributed by atoms with Crippen molar-refractivity contribution in [2.75, 3.05) is 31.2 Å². The number of aliphatic hydroxyl groups excluding tert-OH is 1. The Morgan fingerprint density at radius 1 is 0.941 bits per heavy atom. The predicted molar refractivity (Wildman–Crippen MR) is 129 cm³/mol. The van der Waals surface area contributed by atoms with E-state index in [1.807, 2.05) is 29.6 Å². The normalized spacial score (nSPS) is 15.2. The monoisotopic (exact) mass is 473 g/mol. The molecule has 2 aromatic carbocycles. The predicted octanol–water partition coefficient (Wildman–Crippen LogP) is 4.36. The average Bonchev–Trinajstić information content (AvgIpc) is 3.38. The Morgan fingerprint density at radius 2 is 1.79 bits per heavy atom. The van der Waals surface area contributed by atoms with Crippen LogP contribution in [-0.2, 0) is 4.74 Å². The number of nitrogens with zero attached hydrogens (tertiary/aromatic N) is 5. The molecule has 34 heavy (non-hydrogen) atoms. The molecule has 6 rings (SSSR count). The largest absolute Gasteiger partial charge is 0.382 e. The lowest BCUT2D eigenvalue weighted by Gasteiger charge is -2.29. The van der Waals surface area contributed by atoms with Gasteiger partial charge in [-0.25, -0.2) is 24.3 Å². The van der Waals surface area contributed by atoms with E-state index < -0.39 is 11.9 Å². The molecule has 1 unspecified atom stereocenters. The number of ether oxygens (including phenoxy) is 1. The van der Waals surface area contributed by atoms with E-state index in [1.165, 1.54) is 30.1 Å². The van der Waals surface area contributed by atoms with Crippen molar-refractivity contribution in [3.63, 3.8) is 0 Å². The molecule has 1 N–H and O–H groups in total. The van der Waals surface area contributed by atoms with Crippen LogP contribution < -0.4 is 4.90 Å². The van der Waals surface area contributed by atoms with E-state index in [0.29, 0.717) is 35.7 Å². The van der Waals surface area contributed by atoms with E-state index in [-0.39, 0.29) is 0 Å². The number of hydrogen-bond acceptors (Lipinski definition) is 8. The third kappa shape index (κ3) is 3.67. The number of hydrogen-bond donors (Lipinski definition) is 1. The summed E-state index contributed by atoms with van der Waals surface area (Å²) < 4.78 is 20.5. The summed E-state index contributed by atoms with van der Waals surface area (Å²) in [7, 11) is 0. The van der Waals surface area contributed by atoms with Crippen molar-refractivity contribution in [1.82, 2.24) is 19.9 Å². The molecule has 1 aliphatic rings. The van der Waals surface area contributed by atoms with Gasteiger partial charge in [0.15, 0.2) is 0 Å². The Kier molecular flexibility index (Phi) is 5.37. The minimum absolute atomic E-state index is 0.304. The lowest BCUT2D eigenvalue weighted by atomic mass is 9.98. The zero-order valence-electron chi connectivity index (χ0n) is 18.1. The molecule has 9 heteroatoms. The molecule has 1 atom stereocenters. The molecule has 0 radical (unpaired) electrons. The number of benzene rings is 2. The summed E-state index contributed by atoms with van der Waals surface area (Å²) >= 11 is 1.48. The van der Waals surface area contributed by atoms with Crippen LogP contribution in [0, 0.1) is 5.82 Å². The van der Waals surface area contributed by atoms with Crippen molar-refractivity contribution in [2.24, 2.45) is 0 Å².